The van der Waals surface area contributed by atoms with Gasteiger partial charge in [-0.05, 0) is 29.8 Å². The standard InChI is InChI=1S/C21H16ClFN2OS/c22-18-7-3-2-6-17(18)20(26)19(25-12-4-1-5-13-25)21(27)24-14-15-8-10-16(23)11-9-15/h1-13,19H,14H2/p+1/t19-/m1/s1. The summed E-state index contributed by atoms with van der Waals surface area (Å²) in [7, 11) is 0. The molecule has 1 heterocycles. The van der Waals surface area contributed by atoms with Crippen LogP contribution in [-0.4, -0.2) is 10.8 Å². The van der Waals surface area contributed by atoms with Crippen LogP contribution in [0.15, 0.2) is 79.1 Å². The molecule has 2 aromatic carbocycles. The fraction of sp³-hybridized carbons (Fsp3) is 0.0952. The van der Waals surface area contributed by atoms with E-state index in [9.17, 15) is 9.18 Å². The normalized spacial score (nSPS) is 11.6. The van der Waals surface area contributed by atoms with Gasteiger partial charge < -0.3 is 5.32 Å². The third-order valence-electron chi connectivity index (χ3n) is 4.05. The molecule has 3 nitrogen and oxygen atoms in total. The molecule has 6 heteroatoms. The number of benzene rings is 2. The van der Waals surface area contributed by atoms with E-state index in [1.165, 1.54) is 12.1 Å². The van der Waals surface area contributed by atoms with Gasteiger partial charge in [0.05, 0.1) is 5.02 Å². The number of carbonyl (C=O) groups excluding carboxylic acids is 1. The van der Waals surface area contributed by atoms with Crippen molar-refractivity contribution >= 4 is 34.6 Å². The zero-order valence-corrected chi connectivity index (χ0v) is 15.9. The van der Waals surface area contributed by atoms with Gasteiger partial charge in [0.2, 0.25) is 5.78 Å². The number of Topliss-reactive ketones (excluding diaryl/α,β-unsaturated/α-hetero) is 1. The van der Waals surface area contributed by atoms with Gasteiger partial charge in [-0.15, -0.1) is 0 Å². The largest absolute Gasteiger partial charge is 0.370 e. The minimum atomic E-state index is -0.735. The van der Waals surface area contributed by atoms with E-state index in [-0.39, 0.29) is 11.6 Å². The van der Waals surface area contributed by atoms with Gasteiger partial charge in [0, 0.05) is 24.2 Å². The van der Waals surface area contributed by atoms with Crippen molar-refractivity contribution in [1.82, 2.24) is 5.32 Å². The van der Waals surface area contributed by atoms with E-state index in [2.05, 4.69) is 5.32 Å². The second kappa shape index (κ2) is 8.84. The van der Waals surface area contributed by atoms with Crippen LogP contribution in [0.2, 0.25) is 5.02 Å². The van der Waals surface area contributed by atoms with Crippen LogP contribution in [-0.2, 0) is 6.54 Å². The molecule has 0 amide bonds. The van der Waals surface area contributed by atoms with Crippen LogP contribution in [0.1, 0.15) is 22.0 Å². The number of nitrogens with zero attached hydrogens (tertiary/aromatic N) is 1. The van der Waals surface area contributed by atoms with Crippen LogP contribution in [0.25, 0.3) is 0 Å². The first-order chi connectivity index (χ1) is 13.1. The van der Waals surface area contributed by atoms with Crippen molar-refractivity contribution in [1.29, 1.82) is 0 Å². The Bertz CT molecular complexity index is 948. The maximum Gasteiger partial charge on any atom is 0.270 e. The van der Waals surface area contributed by atoms with Crippen LogP contribution in [0, 0.1) is 5.82 Å². The van der Waals surface area contributed by atoms with E-state index in [1.54, 1.807) is 53.4 Å². The number of nitrogens with one attached hydrogen (secondary N) is 1. The van der Waals surface area contributed by atoms with Crippen LogP contribution in [0.4, 0.5) is 4.39 Å². The van der Waals surface area contributed by atoms with E-state index < -0.39 is 6.04 Å². The van der Waals surface area contributed by atoms with Gasteiger partial charge in [-0.25, -0.2) is 4.39 Å². The molecule has 0 aliphatic carbocycles. The van der Waals surface area contributed by atoms with Crippen molar-refractivity contribution in [3.63, 3.8) is 0 Å². The van der Waals surface area contributed by atoms with Gasteiger partial charge in [0.25, 0.3) is 6.04 Å². The summed E-state index contributed by atoms with van der Waals surface area (Å²) in [6, 6.07) is 17.8. The SMILES string of the molecule is O=C(c1ccccc1Cl)[C@H](C(=S)NCc1ccc(F)cc1)[n+]1ccccc1. The Balaban J connectivity index is 1.86. The summed E-state index contributed by atoms with van der Waals surface area (Å²) in [4.78, 5) is 13.5. The van der Waals surface area contributed by atoms with Crippen molar-refractivity contribution in [3.8, 4) is 0 Å². The monoisotopic (exact) mass is 399 g/mol. The summed E-state index contributed by atoms with van der Waals surface area (Å²) in [5, 5.41) is 3.49. The van der Waals surface area contributed by atoms with Crippen LogP contribution >= 0.6 is 23.8 Å². The van der Waals surface area contributed by atoms with Crippen molar-refractivity contribution in [2.75, 3.05) is 0 Å². The molecule has 0 fully saturated rings. The molecule has 3 rings (SSSR count). The molecule has 0 aliphatic heterocycles. The molecule has 136 valence electrons. The molecule has 1 atom stereocenters. The van der Waals surface area contributed by atoms with E-state index in [0.29, 0.717) is 22.1 Å². The molecule has 0 aliphatic rings. The van der Waals surface area contributed by atoms with Crippen molar-refractivity contribution in [2.45, 2.75) is 12.6 Å². The summed E-state index contributed by atoms with van der Waals surface area (Å²) in [5.41, 5.74) is 1.27. The maximum atomic E-state index is 13.2. The highest BCUT2D eigenvalue weighted by molar-refractivity contribution is 7.80. The first-order valence-corrected chi connectivity index (χ1v) is 9.11. The number of aromatic nitrogens is 1. The highest BCUT2D eigenvalue weighted by atomic mass is 35.5. The minimum Gasteiger partial charge on any atom is -0.370 e. The molecule has 0 radical (unpaired) electrons. The van der Waals surface area contributed by atoms with Crippen molar-refractivity contribution in [2.24, 2.45) is 0 Å². The van der Waals surface area contributed by atoms with Gasteiger partial charge in [-0.3, -0.25) is 4.79 Å². The van der Waals surface area contributed by atoms with E-state index in [4.69, 9.17) is 23.8 Å². The Morgan fingerprint density at radius 2 is 1.70 bits per heavy atom. The molecule has 0 unspecified atom stereocenters. The summed E-state index contributed by atoms with van der Waals surface area (Å²) in [5.74, 6) is -0.499. The Morgan fingerprint density at radius 3 is 2.37 bits per heavy atom. The fourth-order valence-electron chi connectivity index (χ4n) is 2.67. The lowest BCUT2D eigenvalue weighted by Crippen LogP contribution is -2.51. The molecule has 0 saturated carbocycles. The number of pyridine rings is 1. The number of hydrogen-bond acceptors (Lipinski definition) is 2. The molecular weight excluding hydrogens is 383 g/mol. The predicted molar refractivity (Wildman–Crippen MR) is 107 cm³/mol. The van der Waals surface area contributed by atoms with E-state index in [0.717, 1.165) is 5.56 Å². The van der Waals surface area contributed by atoms with E-state index in [1.807, 2.05) is 18.2 Å². The topological polar surface area (TPSA) is 33.0 Å². The zero-order chi connectivity index (χ0) is 19.2. The second-order valence-corrected chi connectivity index (χ2v) is 6.76. The second-order valence-electron chi connectivity index (χ2n) is 5.91. The third kappa shape index (κ3) is 4.76. The Labute approximate surface area is 167 Å². The Kier molecular flexibility index (Phi) is 6.27. The van der Waals surface area contributed by atoms with Gasteiger partial charge in [-0.1, -0.05) is 54.2 Å². The highest BCUT2D eigenvalue weighted by Crippen LogP contribution is 2.20. The quantitative estimate of drug-likeness (QED) is 0.381. The number of hydrogen-bond donors (Lipinski definition) is 1. The average molecular weight is 400 g/mol. The average Bonchev–Trinajstić information content (AvgIpc) is 2.69. The smallest absolute Gasteiger partial charge is 0.270 e. The van der Waals surface area contributed by atoms with E-state index >= 15 is 0 Å². The molecule has 1 aromatic heterocycles. The summed E-state index contributed by atoms with van der Waals surface area (Å²) in [6.07, 6.45) is 3.57. The molecule has 1 N–H and O–H groups in total. The van der Waals surface area contributed by atoms with Crippen LogP contribution in [0.3, 0.4) is 0 Å². The Hall–Kier alpha value is -2.63. The van der Waals surface area contributed by atoms with Gasteiger partial charge in [0.1, 0.15) is 5.82 Å². The first kappa shape index (κ1) is 19.1. The number of carbonyl (C=O) groups is 1. The van der Waals surface area contributed by atoms with Crippen LogP contribution in [0.5, 0.6) is 0 Å². The third-order valence-corrected chi connectivity index (χ3v) is 4.75. The molecule has 0 bridgehead atoms. The Morgan fingerprint density at radius 1 is 1.04 bits per heavy atom. The van der Waals surface area contributed by atoms with Gasteiger partial charge in [0.15, 0.2) is 17.4 Å². The van der Waals surface area contributed by atoms with Gasteiger partial charge in [-0.2, -0.15) is 4.57 Å². The van der Waals surface area contributed by atoms with Crippen LogP contribution < -0.4 is 9.88 Å². The number of ketones is 1. The molecule has 3 aromatic rings. The lowest BCUT2D eigenvalue weighted by Gasteiger charge is -2.15. The lowest BCUT2D eigenvalue weighted by atomic mass is 10.0. The predicted octanol–water partition coefficient (Wildman–Crippen LogP) is 4.31. The molecular formula is C21H17ClFN2OS+. The summed E-state index contributed by atoms with van der Waals surface area (Å²) in [6.45, 7) is 0.388. The number of rotatable bonds is 6. The fourth-order valence-corrected chi connectivity index (χ4v) is 3.20. The van der Waals surface area contributed by atoms with Gasteiger partial charge >= 0.3 is 0 Å². The van der Waals surface area contributed by atoms with Crippen molar-refractivity contribution in [3.05, 3.63) is 101 Å². The lowest BCUT2D eigenvalue weighted by molar-refractivity contribution is -0.692. The number of halogens is 2. The molecule has 27 heavy (non-hydrogen) atoms. The maximum absolute atomic E-state index is 13.2. The molecule has 0 saturated heterocycles. The first-order valence-electron chi connectivity index (χ1n) is 8.33. The summed E-state index contributed by atoms with van der Waals surface area (Å²) >= 11 is 11.7. The molecule has 0 spiro atoms. The number of thiocarbonyl (C=S) groups is 1. The van der Waals surface area contributed by atoms with Crippen molar-refractivity contribution < 1.29 is 13.8 Å². The highest BCUT2D eigenvalue weighted by Gasteiger charge is 2.33. The minimum absolute atomic E-state index is 0.201. The zero-order valence-electron chi connectivity index (χ0n) is 14.3. The summed E-state index contributed by atoms with van der Waals surface area (Å²) < 4.78 is 14.8.